The number of alkyl halides is 3. The van der Waals surface area contributed by atoms with Crippen molar-refractivity contribution in [3.63, 3.8) is 0 Å². The Morgan fingerprint density at radius 1 is 1.35 bits per heavy atom. The van der Waals surface area contributed by atoms with E-state index in [1.807, 2.05) is 0 Å². The number of aromatic amines is 1. The van der Waals surface area contributed by atoms with Gasteiger partial charge in [0, 0.05) is 28.7 Å². The van der Waals surface area contributed by atoms with Crippen LogP contribution in [0.3, 0.4) is 0 Å². The van der Waals surface area contributed by atoms with Gasteiger partial charge in [0.25, 0.3) is 5.56 Å². The summed E-state index contributed by atoms with van der Waals surface area (Å²) in [7, 11) is 0. The number of aryl methyl sites for hydroxylation is 2. The number of hydrazone groups is 1. The topological polar surface area (TPSA) is 75.1 Å². The van der Waals surface area contributed by atoms with Gasteiger partial charge in [0.1, 0.15) is 6.54 Å². The van der Waals surface area contributed by atoms with Crippen molar-refractivity contribution in [2.24, 2.45) is 5.10 Å². The van der Waals surface area contributed by atoms with Gasteiger partial charge in [-0.2, -0.15) is 18.3 Å². The summed E-state index contributed by atoms with van der Waals surface area (Å²) < 4.78 is 38.8. The number of H-pyrrole nitrogens is 1. The third-order valence-electron chi connectivity index (χ3n) is 3.19. The van der Waals surface area contributed by atoms with Gasteiger partial charge in [-0.1, -0.05) is 0 Å². The molecule has 0 spiro atoms. The highest BCUT2D eigenvalue weighted by molar-refractivity contribution is 5.82. The molecule has 0 bridgehead atoms. The average molecular weight is 327 g/mol. The van der Waals surface area contributed by atoms with E-state index in [1.165, 1.54) is 16.8 Å². The molecular formula is C14H16F3N5O. The third kappa shape index (κ3) is 4.44. The van der Waals surface area contributed by atoms with E-state index in [9.17, 15) is 18.0 Å². The molecule has 2 N–H and O–H groups in total. The molecule has 6 nitrogen and oxygen atoms in total. The predicted octanol–water partition coefficient (Wildman–Crippen LogP) is 2.50. The second kappa shape index (κ2) is 6.27. The Bertz CT molecular complexity index is 789. The maximum absolute atomic E-state index is 12.6. The highest BCUT2D eigenvalue weighted by atomic mass is 19.4. The van der Waals surface area contributed by atoms with Gasteiger partial charge >= 0.3 is 6.18 Å². The number of hydrogen-bond acceptors (Lipinski definition) is 4. The zero-order valence-electron chi connectivity index (χ0n) is 12.8. The molecule has 0 amide bonds. The van der Waals surface area contributed by atoms with E-state index in [0.29, 0.717) is 22.6 Å². The van der Waals surface area contributed by atoms with Gasteiger partial charge in [0.2, 0.25) is 5.95 Å². The average Bonchev–Trinajstić information content (AvgIpc) is 2.64. The normalized spacial score (nSPS) is 12.1. The summed E-state index contributed by atoms with van der Waals surface area (Å²) in [6, 6.07) is 2.94. The minimum Gasteiger partial charge on any atom is -0.339 e. The molecule has 2 heterocycles. The predicted molar refractivity (Wildman–Crippen MR) is 80.8 cm³/mol. The summed E-state index contributed by atoms with van der Waals surface area (Å²) in [6.07, 6.45) is -2.90. The van der Waals surface area contributed by atoms with Crippen molar-refractivity contribution in [1.29, 1.82) is 0 Å². The van der Waals surface area contributed by atoms with Crippen molar-refractivity contribution in [2.75, 3.05) is 5.43 Å². The quantitative estimate of drug-likeness (QED) is 0.669. The van der Waals surface area contributed by atoms with Crippen LogP contribution in [0.4, 0.5) is 19.1 Å². The molecule has 0 saturated heterocycles. The summed E-state index contributed by atoms with van der Waals surface area (Å²) in [5.74, 6) is 0.162. The summed E-state index contributed by atoms with van der Waals surface area (Å²) in [5, 5.41) is 3.90. The zero-order chi connectivity index (χ0) is 17.2. The molecule has 0 aliphatic rings. The van der Waals surface area contributed by atoms with Gasteiger partial charge in [-0.3, -0.25) is 9.78 Å². The van der Waals surface area contributed by atoms with Crippen LogP contribution in [0.15, 0.2) is 22.0 Å². The van der Waals surface area contributed by atoms with E-state index >= 15 is 0 Å². The van der Waals surface area contributed by atoms with Crippen molar-refractivity contribution < 1.29 is 13.2 Å². The van der Waals surface area contributed by atoms with E-state index in [4.69, 9.17) is 0 Å². The molecular weight excluding hydrogens is 311 g/mol. The molecule has 0 unspecified atom stereocenters. The lowest BCUT2D eigenvalue weighted by molar-refractivity contribution is -0.141. The van der Waals surface area contributed by atoms with Crippen LogP contribution < -0.4 is 11.0 Å². The summed E-state index contributed by atoms with van der Waals surface area (Å²) in [4.78, 5) is 17.8. The van der Waals surface area contributed by atoms with Crippen LogP contribution >= 0.6 is 0 Å². The molecule has 0 radical (unpaired) electrons. The first-order valence-corrected chi connectivity index (χ1v) is 6.76. The standard InChI is InChI=1S/C14H16F3N5O/c1-8-4-12(23)20-13(19-8)21-18-6-11-5-9(2)22(10(11)3)7-14(15,16)17/h4-6H,7H2,1-3H3,(H2,19,20,21,23)/b18-6-. The molecule has 2 aromatic rings. The molecule has 124 valence electrons. The first-order chi connectivity index (χ1) is 10.7. The monoisotopic (exact) mass is 327 g/mol. The Morgan fingerprint density at radius 3 is 2.65 bits per heavy atom. The van der Waals surface area contributed by atoms with Crippen molar-refractivity contribution in [2.45, 2.75) is 33.5 Å². The summed E-state index contributed by atoms with van der Waals surface area (Å²) >= 11 is 0. The molecule has 2 rings (SSSR count). The Kier molecular flexibility index (Phi) is 4.57. The number of anilines is 1. The number of hydrogen-bond donors (Lipinski definition) is 2. The van der Waals surface area contributed by atoms with Crippen LogP contribution in [0.1, 0.15) is 22.6 Å². The number of nitrogens with zero attached hydrogens (tertiary/aromatic N) is 3. The molecule has 0 atom stereocenters. The Labute approximate surface area is 130 Å². The molecule has 9 heteroatoms. The van der Waals surface area contributed by atoms with E-state index in [1.54, 1.807) is 26.8 Å². The summed E-state index contributed by atoms with van der Waals surface area (Å²) in [5.41, 5.74) is 4.25. The Hall–Kier alpha value is -2.58. The smallest absolute Gasteiger partial charge is 0.339 e. The van der Waals surface area contributed by atoms with Crippen molar-refractivity contribution >= 4 is 12.2 Å². The minimum atomic E-state index is -4.29. The van der Waals surface area contributed by atoms with Gasteiger partial charge in [0.15, 0.2) is 0 Å². The molecule has 2 aromatic heterocycles. The van der Waals surface area contributed by atoms with Crippen molar-refractivity contribution in [3.05, 3.63) is 45.1 Å². The molecule has 0 fully saturated rings. The largest absolute Gasteiger partial charge is 0.406 e. The van der Waals surface area contributed by atoms with Crippen molar-refractivity contribution in [1.82, 2.24) is 14.5 Å². The number of nitrogens with one attached hydrogen (secondary N) is 2. The lowest BCUT2D eigenvalue weighted by atomic mass is 10.3. The van der Waals surface area contributed by atoms with Crippen LogP contribution in [0.2, 0.25) is 0 Å². The maximum atomic E-state index is 12.6. The fourth-order valence-corrected chi connectivity index (χ4v) is 2.18. The maximum Gasteiger partial charge on any atom is 0.406 e. The first-order valence-electron chi connectivity index (χ1n) is 6.76. The second-order valence-electron chi connectivity index (χ2n) is 5.13. The molecule has 0 aromatic carbocycles. The second-order valence-corrected chi connectivity index (χ2v) is 5.13. The lowest BCUT2D eigenvalue weighted by Gasteiger charge is -2.12. The SMILES string of the molecule is Cc1cc(=O)[nH]c(N/N=C\c2cc(C)n(CC(F)(F)F)c2C)n1. The first kappa shape index (κ1) is 16.8. The minimum absolute atomic E-state index is 0.162. The fraction of sp³-hybridized carbons (Fsp3) is 0.357. The molecule has 23 heavy (non-hydrogen) atoms. The lowest BCUT2D eigenvalue weighted by Crippen LogP contribution is -2.19. The van der Waals surface area contributed by atoms with Crippen LogP contribution in [-0.2, 0) is 6.54 Å². The van der Waals surface area contributed by atoms with E-state index in [0.717, 1.165) is 0 Å². The van der Waals surface area contributed by atoms with Gasteiger partial charge in [-0.05, 0) is 26.8 Å². The van der Waals surface area contributed by atoms with Gasteiger partial charge in [0.05, 0.1) is 6.21 Å². The molecule has 0 aliphatic carbocycles. The number of rotatable bonds is 4. The highest BCUT2D eigenvalue weighted by Gasteiger charge is 2.29. The third-order valence-corrected chi connectivity index (χ3v) is 3.19. The number of halogens is 3. The van der Waals surface area contributed by atoms with Crippen LogP contribution in [0, 0.1) is 20.8 Å². The highest BCUT2D eigenvalue weighted by Crippen LogP contribution is 2.22. The van der Waals surface area contributed by atoms with E-state index in [-0.39, 0.29) is 11.5 Å². The van der Waals surface area contributed by atoms with Crippen LogP contribution in [0.5, 0.6) is 0 Å². The van der Waals surface area contributed by atoms with E-state index in [2.05, 4.69) is 20.5 Å². The summed E-state index contributed by atoms with van der Waals surface area (Å²) in [6.45, 7) is 3.81. The number of aromatic nitrogens is 3. The Morgan fingerprint density at radius 2 is 2.04 bits per heavy atom. The Balaban J connectivity index is 2.17. The van der Waals surface area contributed by atoms with Gasteiger partial charge < -0.3 is 4.57 Å². The van der Waals surface area contributed by atoms with Gasteiger partial charge in [-0.15, -0.1) is 0 Å². The molecule has 0 aliphatic heterocycles. The van der Waals surface area contributed by atoms with Crippen LogP contribution in [-0.4, -0.2) is 26.9 Å². The molecule has 0 saturated carbocycles. The van der Waals surface area contributed by atoms with E-state index < -0.39 is 12.7 Å². The van der Waals surface area contributed by atoms with Crippen LogP contribution in [0.25, 0.3) is 0 Å². The zero-order valence-corrected chi connectivity index (χ0v) is 12.8. The van der Waals surface area contributed by atoms with Crippen molar-refractivity contribution in [3.8, 4) is 0 Å². The fourth-order valence-electron chi connectivity index (χ4n) is 2.18. The van der Waals surface area contributed by atoms with Gasteiger partial charge in [-0.25, -0.2) is 10.4 Å².